The molecule has 1 aliphatic rings. The molecule has 114 valence electrons. The molecule has 1 fully saturated rings. The van der Waals surface area contributed by atoms with Crippen molar-refractivity contribution in [3.05, 3.63) is 54.2 Å². The number of nitrogens with zero attached hydrogens (tertiary/aromatic N) is 2. The van der Waals surface area contributed by atoms with Crippen LogP contribution in [0.15, 0.2) is 48.7 Å². The second-order valence-corrected chi connectivity index (χ2v) is 5.79. The van der Waals surface area contributed by atoms with Gasteiger partial charge in [0.2, 0.25) is 5.88 Å². The zero-order valence-corrected chi connectivity index (χ0v) is 12.9. The molecular weight excluding hydrogens is 276 g/mol. The quantitative estimate of drug-likeness (QED) is 0.844. The number of para-hydroxylation sites is 1. The number of benzene rings is 1. The van der Waals surface area contributed by atoms with E-state index in [-0.39, 0.29) is 11.9 Å². The van der Waals surface area contributed by atoms with Gasteiger partial charge >= 0.3 is 0 Å². The van der Waals surface area contributed by atoms with E-state index in [4.69, 9.17) is 4.74 Å². The van der Waals surface area contributed by atoms with E-state index in [1.165, 1.54) is 12.8 Å². The molecule has 1 heterocycles. The van der Waals surface area contributed by atoms with E-state index in [9.17, 15) is 4.79 Å². The van der Waals surface area contributed by atoms with E-state index in [1.807, 2.05) is 42.3 Å². The molecule has 0 spiro atoms. The highest BCUT2D eigenvalue weighted by atomic mass is 16.5. The first-order chi connectivity index (χ1) is 10.6. The number of pyridine rings is 1. The Kier molecular flexibility index (Phi) is 4.09. The number of aromatic nitrogens is 1. The topological polar surface area (TPSA) is 42.4 Å². The lowest BCUT2D eigenvalue weighted by atomic mass is 10.1. The van der Waals surface area contributed by atoms with Gasteiger partial charge in [-0.05, 0) is 43.9 Å². The maximum absolute atomic E-state index is 12.6. The summed E-state index contributed by atoms with van der Waals surface area (Å²) in [7, 11) is 1.86. The SMILES string of the molecule is C[C@@H](C1CC1)N(C)C(=O)c1ccnc(Oc2ccccc2)c1. The summed E-state index contributed by atoms with van der Waals surface area (Å²) in [6.07, 6.45) is 4.05. The molecule has 1 aromatic heterocycles. The monoisotopic (exact) mass is 296 g/mol. The van der Waals surface area contributed by atoms with Gasteiger partial charge < -0.3 is 9.64 Å². The van der Waals surface area contributed by atoms with Gasteiger partial charge in [0, 0.05) is 30.9 Å². The third-order valence-corrected chi connectivity index (χ3v) is 4.18. The van der Waals surface area contributed by atoms with Gasteiger partial charge in [0.15, 0.2) is 0 Å². The Morgan fingerprint density at radius 1 is 1.27 bits per heavy atom. The van der Waals surface area contributed by atoms with E-state index in [2.05, 4.69) is 11.9 Å². The van der Waals surface area contributed by atoms with Gasteiger partial charge in [0.25, 0.3) is 5.91 Å². The Morgan fingerprint density at radius 3 is 2.68 bits per heavy atom. The number of carbonyl (C=O) groups excluding carboxylic acids is 1. The zero-order valence-electron chi connectivity index (χ0n) is 12.9. The van der Waals surface area contributed by atoms with Crippen molar-refractivity contribution in [1.82, 2.24) is 9.88 Å². The van der Waals surface area contributed by atoms with Gasteiger partial charge in [0.1, 0.15) is 5.75 Å². The second-order valence-electron chi connectivity index (χ2n) is 5.79. The molecule has 1 atom stereocenters. The largest absolute Gasteiger partial charge is 0.439 e. The Bertz CT molecular complexity index is 653. The minimum Gasteiger partial charge on any atom is -0.439 e. The molecule has 0 aliphatic heterocycles. The van der Waals surface area contributed by atoms with Gasteiger partial charge in [-0.3, -0.25) is 4.79 Å². The first kappa shape index (κ1) is 14.6. The first-order valence-corrected chi connectivity index (χ1v) is 7.61. The normalized spacial score (nSPS) is 15.2. The molecule has 0 saturated heterocycles. The highest BCUT2D eigenvalue weighted by Crippen LogP contribution is 2.35. The Morgan fingerprint density at radius 2 is 2.00 bits per heavy atom. The third kappa shape index (κ3) is 3.27. The molecular formula is C18H20N2O2. The molecule has 0 bridgehead atoms. The smallest absolute Gasteiger partial charge is 0.254 e. The summed E-state index contributed by atoms with van der Waals surface area (Å²) < 4.78 is 5.69. The molecule has 2 aromatic rings. The van der Waals surface area contributed by atoms with Crippen molar-refractivity contribution in [2.24, 2.45) is 5.92 Å². The first-order valence-electron chi connectivity index (χ1n) is 7.61. The lowest BCUT2D eigenvalue weighted by Gasteiger charge is -2.25. The van der Waals surface area contributed by atoms with Gasteiger partial charge in [-0.15, -0.1) is 0 Å². The third-order valence-electron chi connectivity index (χ3n) is 4.18. The van der Waals surface area contributed by atoms with E-state index in [0.29, 0.717) is 23.1 Å². The molecule has 0 N–H and O–H groups in total. The van der Waals surface area contributed by atoms with Crippen LogP contribution in [0.5, 0.6) is 11.6 Å². The summed E-state index contributed by atoms with van der Waals surface area (Å²) >= 11 is 0. The fraction of sp³-hybridized carbons (Fsp3) is 0.333. The molecule has 22 heavy (non-hydrogen) atoms. The van der Waals surface area contributed by atoms with Gasteiger partial charge in [-0.25, -0.2) is 4.98 Å². The predicted octanol–water partition coefficient (Wildman–Crippen LogP) is 3.74. The number of carbonyl (C=O) groups is 1. The van der Waals surface area contributed by atoms with Crippen LogP contribution < -0.4 is 4.74 Å². The molecule has 1 saturated carbocycles. The molecule has 1 aliphatic carbocycles. The summed E-state index contributed by atoms with van der Waals surface area (Å²) in [5, 5.41) is 0. The molecule has 1 aromatic carbocycles. The van der Waals surface area contributed by atoms with Crippen molar-refractivity contribution in [1.29, 1.82) is 0 Å². The van der Waals surface area contributed by atoms with Crippen LogP contribution in [0.1, 0.15) is 30.1 Å². The van der Waals surface area contributed by atoms with Crippen LogP contribution in [0, 0.1) is 5.92 Å². The zero-order chi connectivity index (χ0) is 15.5. The average Bonchev–Trinajstić information content (AvgIpc) is 3.39. The van der Waals surface area contributed by atoms with Crippen molar-refractivity contribution in [3.63, 3.8) is 0 Å². The summed E-state index contributed by atoms with van der Waals surface area (Å²) in [5.41, 5.74) is 0.607. The molecule has 4 heteroatoms. The van der Waals surface area contributed by atoms with Gasteiger partial charge in [0.05, 0.1) is 0 Å². The number of amides is 1. The van der Waals surface area contributed by atoms with Crippen molar-refractivity contribution >= 4 is 5.91 Å². The van der Waals surface area contributed by atoms with Crippen LogP contribution in [-0.4, -0.2) is 28.9 Å². The number of hydrogen-bond donors (Lipinski definition) is 0. The van der Waals surface area contributed by atoms with Gasteiger partial charge in [-0.2, -0.15) is 0 Å². The highest BCUT2D eigenvalue weighted by Gasteiger charge is 2.32. The summed E-state index contributed by atoms with van der Waals surface area (Å²) in [6, 6.07) is 13.1. The van der Waals surface area contributed by atoms with Crippen LogP contribution >= 0.6 is 0 Å². The fourth-order valence-electron chi connectivity index (χ4n) is 2.49. The minimum absolute atomic E-state index is 0.0136. The van der Waals surface area contributed by atoms with E-state index >= 15 is 0 Å². The van der Waals surface area contributed by atoms with E-state index in [0.717, 1.165) is 0 Å². The van der Waals surface area contributed by atoms with Gasteiger partial charge in [-0.1, -0.05) is 18.2 Å². The van der Waals surface area contributed by atoms with Crippen LogP contribution in [0.2, 0.25) is 0 Å². The Labute approximate surface area is 130 Å². The highest BCUT2D eigenvalue weighted by molar-refractivity contribution is 5.94. The minimum atomic E-state index is 0.0136. The lowest BCUT2D eigenvalue weighted by Crippen LogP contribution is -2.36. The Hall–Kier alpha value is -2.36. The fourth-order valence-corrected chi connectivity index (χ4v) is 2.49. The lowest BCUT2D eigenvalue weighted by molar-refractivity contribution is 0.0727. The van der Waals surface area contributed by atoms with Crippen molar-refractivity contribution in [2.45, 2.75) is 25.8 Å². The predicted molar refractivity (Wildman–Crippen MR) is 85.0 cm³/mol. The molecule has 0 radical (unpaired) electrons. The van der Waals surface area contributed by atoms with Crippen LogP contribution in [0.25, 0.3) is 0 Å². The summed E-state index contributed by atoms with van der Waals surface area (Å²) in [5.74, 6) is 1.80. The van der Waals surface area contributed by atoms with Crippen molar-refractivity contribution in [2.75, 3.05) is 7.05 Å². The van der Waals surface area contributed by atoms with Crippen LogP contribution in [0.4, 0.5) is 0 Å². The van der Waals surface area contributed by atoms with E-state index in [1.54, 1.807) is 18.3 Å². The van der Waals surface area contributed by atoms with Crippen molar-refractivity contribution < 1.29 is 9.53 Å². The number of ether oxygens (including phenoxy) is 1. The van der Waals surface area contributed by atoms with Crippen LogP contribution in [0.3, 0.4) is 0 Å². The van der Waals surface area contributed by atoms with Crippen LogP contribution in [-0.2, 0) is 0 Å². The van der Waals surface area contributed by atoms with E-state index < -0.39 is 0 Å². The number of hydrogen-bond acceptors (Lipinski definition) is 3. The maximum atomic E-state index is 12.6. The molecule has 0 unspecified atom stereocenters. The standard InChI is InChI=1S/C18H20N2O2/c1-13(14-8-9-14)20(2)18(21)15-10-11-19-17(12-15)22-16-6-4-3-5-7-16/h3-7,10-14H,8-9H2,1-2H3/t13-/m0/s1. The molecule has 3 rings (SSSR count). The molecule has 1 amide bonds. The summed E-state index contributed by atoms with van der Waals surface area (Å²) in [4.78, 5) is 18.6. The van der Waals surface area contributed by atoms with Crippen molar-refractivity contribution in [3.8, 4) is 11.6 Å². The second kappa shape index (κ2) is 6.18. The Balaban J connectivity index is 1.74. The number of rotatable bonds is 5. The molecule has 4 nitrogen and oxygen atoms in total. The average molecular weight is 296 g/mol. The summed E-state index contributed by atoms with van der Waals surface area (Å²) in [6.45, 7) is 2.11. The maximum Gasteiger partial charge on any atom is 0.254 e.